The van der Waals surface area contributed by atoms with E-state index in [4.69, 9.17) is 10.5 Å². The predicted octanol–water partition coefficient (Wildman–Crippen LogP) is 2.09. The summed E-state index contributed by atoms with van der Waals surface area (Å²) < 4.78 is 5.28. The first-order valence-corrected chi connectivity index (χ1v) is 4.41. The van der Waals surface area contributed by atoms with Crippen molar-refractivity contribution in [3.05, 3.63) is 12.2 Å². The van der Waals surface area contributed by atoms with Crippen molar-refractivity contribution in [3.8, 4) is 0 Å². The molecule has 0 saturated carbocycles. The molecule has 0 rings (SSSR count). The molecular formula is C10H21NO. The summed E-state index contributed by atoms with van der Waals surface area (Å²) in [6, 6.07) is 0.0370. The van der Waals surface area contributed by atoms with E-state index < -0.39 is 0 Å². The van der Waals surface area contributed by atoms with Gasteiger partial charge in [0.2, 0.25) is 0 Å². The fraction of sp³-hybridized carbons (Fsp3) is 0.800. The van der Waals surface area contributed by atoms with Gasteiger partial charge < -0.3 is 10.5 Å². The van der Waals surface area contributed by atoms with Crippen molar-refractivity contribution in [1.82, 2.24) is 0 Å². The number of hydrogen-bond acceptors (Lipinski definition) is 2. The van der Waals surface area contributed by atoms with E-state index >= 15 is 0 Å². The molecule has 0 saturated heterocycles. The Labute approximate surface area is 75.8 Å². The van der Waals surface area contributed by atoms with Crippen molar-refractivity contribution in [2.45, 2.75) is 45.3 Å². The summed E-state index contributed by atoms with van der Waals surface area (Å²) in [6.07, 6.45) is 1.84. The van der Waals surface area contributed by atoms with Crippen molar-refractivity contribution >= 4 is 0 Å². The van der Waals surface area contributed by atoms with Crippen LogP contribution in [0.4, 0.5) is 0 Å². The topological polar surface area (TPSA) is 35.2 Å². The molecular weight excluding hydrogens is 150 g/mol. The Morgan fingerprint density at radius 1 is 1.58 bits per heavy atom. The Hall–Kier alpha value is -0.340. The van der Waals surface area contributed by atoms with Crippen LogP contribution < -0.4 is 5.73 Å². The van der Waals surface area contributed by atoms with Crippen LogP contribution in [0.1, 0.15) is 33.6 Å². The Balaban J connectivity index is 4.02. The van der Waals surface area contributed by atoms with Crippen LogP contribution in [-0.2, 0) is 4.74 Å². The molecule has 0 aromatic rings. The van der Waals surface area contributed by atoms with Crippen LogP contribution in [0, 0.1) is 0 Å². The van der Waals surface area contributed by atoms with Gasteiger partial charge in [0.05, 0.1) is 5.60 Å². The van der Waals surface area contributed by atoms with E-state index in [1.807, 2.05) is 13.8 Å². The van der Waals surface area contributed by atoms with E-state index in [0.29, 0.717) is 0 Å². The van der Waals surface area contributed by atoms with Gasteiger partial charge in [0, 0.05) is 13.2 Å². The maximum atomic E-state index is 5.95. The van der Waals surface area contributed by atoms with E-state index in [-0.39, 0.29) is 11.6 Å². The lowest BCUT2D eigenvalue weighted by molar-refractivity contribution is 0.000708. The second kappa shape index (κ2) is 4.63. The average Bonchev–Trinajstić information content (AvgIpc) is 2.04. The molecule has 2 nitrogen and oxygen atoms in total. The van der Waals surface area contributed by atoms with E-state index in [9.17, 15) is 0 Å². The van der Waals surface area contributed by atoms with Gasteiger partial charge in [-0.2, -0.15) is 0 Å². The fourth-order valence-electron chi connectivity index (χ4n) is 0.853. The molecule has 12 heavy (non-hydrogen) atoms. The number of ether oxygens (including phenoxy) is 1. The van der Waals surface area contributed by atoms with Crippen LogP contribution in [0.3, 0.4) is 0 Å². The summed E-state index contributed by atoms with van der Waals surface area (Å²) in [5.74, 6) is 0. The van der Waals surface area contributed by atoms with Gasteiger partial charge in [0.25, 0.3) is 0 Å². The van der Waals surface area contributed by atoms with Gasteiger partial charge in [-0.15, -0.1) is 0 Å². The summed E-state index contributed by atoms with van der Waals surface area (Å²) in [5.41, 5.74) is 6.89. The van der Waals surface area contributed by atoms with Crippen molar-refractivity contribution in [1.29, 1.82) is 0 Å². The van der Waals surface area contributed by atoms with Crippen molar-refractivity contribution in [2.75, 3.05) is 7.11 Å². The average molecular weight is 171 g/mol. The quantitative estimate of drug-likeness (QED) is 0.643. The molecule has 1 unspecified atom stereocenters. The zero-order chi connectivity index (χ0) is 9.78. The van der Waals surface area contributed by atoms with Crippen molar-refractivity contribution in [2.24, 2.45) is 5.73 Å². The molecule has 0 amide bonds. The minimum atomic E-state index is -0.252. The van der Waals surface area contributed by atoms with Crippen LogP contribution >= 0.6 is 0 Å². The van der Waals surface area contributed by atoms with Gasteiger partial charge in [-0.05, 0) is 26.7 Å². The minimum Gasteiger partial charge on any atom is -0.377 e. The van der Waals surface area contributed by atoms with Gasteiger partial charge in [-0.3, -0.25) is 0 Å². The monoisotopic (exact) mass is 171 g/mol. The Morgan fingerprint density at radius 3 is 2.42 bits per heavy atom. The molecule has 0 spiro atoms. The normalized spacial score (nSPS) is 14.4. The summed E-state index contributed by atoms with van der Waals surface area (Å²) in [7, 11) is 1.69. The van der Waals surface area contributed by atoms with Crippen molar-refractivity contribution in [3.63, 3.8) is 0 Å². The van der Waals surface area contributed by atoms with Gasteiger partial charge in [-0.25, -0.2) is 0 Å². The van der Waals surface area contributed by atoms with E-state index in [1.54, 1.807) is 7.11 Å². The molecule has 0 aromatic heterocycles. The lowest BCUT2D eigenvalue weighted by Crippen LogP contribution is -2.44. The molecule has 0 aliphatic heterocycles. The summed E-state index contributed by atoms with van der Waals surface area (Å²) in [6.45, 7) is 10.0. The first kappa shape index (κ1) is 11.7. The summed E-state index contributed by atoms with van der Waals surface area (Å²) in [5, 5.41) is 0. The number of hydrogen-bond donors (Lipinski definition) is 1. The summed E-state index contributed by atoms with van der Waals surface area (Å²) in [4.78, 5) is 0. The van der Waals surface area contributed by atoms with Crippen LogP contribution in [0.5, 0.6) is 0 Å². The number of rotatable bonds is 5. The van der Waals surface area contributed by atoms with Crippen LogP contribution in [-0.4, -0.2) is 18.8 Å². The van der Waals surface area contributed by atoms with E-state index in [1.165, 1.54) is 5.57 Å². The zero-order valence-corrected chi connectivity index (χ0v) is 8.68. The molecule has 0 bridgehead atoms. The molecule has 0 radical (unpaired) electrons. The highest BCUT2D eigenvalue weighted by molar-refractivity contribution is 5.00. The van der Waals surface area contributed by atoms with Gasteiger partial charge in [0.1, 0.15) is 0 Å². The second-order valence-electron chi connectivity index (χ2n) is 3.72. The standard InChI is InChI=1S/C10H21NO/c1-6-8(2)7-9(11)10(3,4)12-5/h9H,2,6-7,11H2,1,3-5H3. The zero-order valence-electron chi connectivity index (χ0n) is 8.68. The van der Waals surface area contributed by atoms with Crippen molar-refractivity contribution < 1.29 is 4.74 Å². The molecule has 0 heterocycles. The lowest BCUT2D eigenvalue weighted by atomic mass is 9.93. The molecule has 2 heteroatoms. The van der Waals surface area contributed by atoms with Gasteiger partial charge in [0.15, 0.2) is 0 Å². The van der Waals surface area contributed by atoms with Crippen LogP contribution in [0.15, 0.2) is 12.2 Å². The predicted molar refractivity (Wildman–Crippen MR) is 53.1 cm³/mol. The smallest absolute Gasteiger partial charge is 0.0776 e. The number of methoxy groups -OCH3 is 1. The lowest BCUT2D eigenvalue weighted by Gasteiger charge is -2.30. The minimum absolute atomic E-state index is 0.0370. The third kappa shape index (κ3) is 3.37. The second-order valence-corrected chi connectivity index (χ2v) is 3.72. The highest BCUT2D eigenvalue weighted by atomic mass is 16.5. The Bertz CT molecular complexity index is 152. The SMILES string of the molecule is C=C(CC)CC(N)C(C)(C)OC. The van der Waals surface area contributed by atoms with Crippen LogP contribution in [0.25, 0.3) is 0 Å². The van der Waals surface area contributed by atoms with Gasteiger partial charge in [-0.1, -0.05) is 19.1 Å². The molecule has 2 N–H and O–H groups in total. The van der Waals surface area contributed by atoms with E-state index in [0.717, 1.165) is 12.8 Å². The molecule has 0 aromatic carbocycles. The maximum Gasteiger partial charge on any atom is 0.0776 e. The molecule has 72 valence electrons. The third-order valence-corrected chi connectivity index (χ3v) is 2.43. The first-order valence-electron chi connectivity index (χ1n) is 4.41. The highest BCUT2D eigenvalue weighted by Gasteiger charge is 2.25. The van der Waals surface area contributed by atoms with E-state index in [2.05, 4.69) is 13.5 Å². The highest BCUT2D eigenvalue weighted by Crippen LogP contribution is 2.18. The summed E-state index contributed by atoms with van der Waals surface area (Å²) >= 11 is 0. The molecule has 0 aliphatic rings. The third-order valence-electron chi connectivity index (χ3n) is 2.43. The fourth-order valence-corrected chi connectivity index (χ4v) is 0.853. The first-order chi connectivity index (χ1) is 5.44. The van der Waals surface area contributed by atoms with Gasteiger partial charge >= 0.3 is 0 Å². The van der Waals surface area contributed by atoms with Crippen LogP contribution in [0.2, 0.25) is 0 Å². The largest absolute Gasteiger partial charge is 0.377 e. The number of nitrogens with two attached hydrogens (primary N) is 1. The molecule has 0 aliphatic carbocycles. The Kier molecular flexibility index (Phi) is 4.50. The molecule has 0 fully saturated rings. The maximum absolute atomic E-state index is 5.95. The Morgan fingerprint density at radius 2 is 2.08 bits per heavy atom. The molecule has 1 atom stereocenters.